The molecule has 4 nitrogen and oxygen atoms in total. The van der Waals surface area contributed by atoms with Gasteiger partial charge in [-0.2, -0.15) is 0 Å². The molecule has 2 amide bonds. The van der Waals surface area contributed by atoms with Gasteiger partial charge in [-0.05, 0) is 67.6 Å². The fourth-order valence-electron chi connectivity index (χ4n) is 3.89. The SMILES string of the molecule is O=C1c2cc3ccccc3cc2C(=O)N1CCCC1CCCNC1. The second kappa shape index (κ2) is 6.36. The van der Waals surface area contributed by atoms with Gasteiger partial charge in [0.2, 0.25) is 0 Å². The van der Waals surface area contributed by atoms with E-state index in [1.165, 1.54) is 17.7 Å². The molecule has 1 N–H and O–H groups in total. The molecule has 1 atom stereocenters. The molecule has 124 valence electrons. The van der Waals surface area contributed by atoms with Crippen LogP contribution in [0.4, 0.5) is 0 Å². The Labute approximate surface area is 141 Å². The maximum absolute atomic E-state index is 12.6. The average molecular weight is 322 g/mol. The number of nitrogens with zero attached hydrogens (tertiary/aromatic N) is 1. The van der Waals surface area contributed by atoms with Gasteiger partial charge in [0, 0.05) is 6.54 Å². The standard InChI is InChI=1S/C20H22N2O2/c23-19-17-11-15-7-1-2-8-16(15)12-18(17)20(24)22(19)10-4-6-14-5-3-9-21-13-14/h1-2,7-8,11-12,14,21H,3-6,9-10,13H2. The van der Waals surface area contributed by atoms with Crippen LogP contribution in [-0.4, -0.2) is 36.3 Å². The smallest absolute Gasteiger partial charge is 0.261 e. The van der Waals surface area contributed by atoms with E-state index in [1.807, 2.05) is 36.4 Å². The largest absolute Gasteiger partial charge is 0.316 e. The van der Waals surface area contributed by atoms with E-state index in [4.69, 9.17) is 0 Å². The fourth-order valence-corrected chi connectivity index (χ4v) is 3.89. The molecule has 0 aromatic heterocycles. The second-order valence-corrected chi connectivity index (χ2v) is 6.86. The van der Waals surface area contributed by atoms with E-state index in [1.54, 1.807) is 0 Å². The Bertz CT molecular complexity index is 739. The van der Waals surface area contributed by atoms with Crippen molar-refractivity contribution in [2.45, 2.75) is 25.7 Å². The summed E-state index contributed by atoms with van der Waals surface area (Å²) >= 11 is 0. The van der Waals surface area contributed by atoms with Crippen LogP contribution < -0.4 is 5.32 Å². The molecule has 4 heteroatoms. The first kappa shape index (κ1) is 15.3. The first-order chi connectivity index (χ1) is 11.7. The Kier molecular flexibility index (Phi) is 4.07. The highest BCUT2D eigenvalue weighted by Gasteiger charge is 2.35. The normalized spacial score (nSPS) is 20.7. The van der Waals surface area contributed by atoms with Crippen molar-refractivity contribution in [2.24, 2.45) is 5.92 Å². The molecule has 2 aliphatic rings. The molecule has 1 fully saturated rings. The number of fused-ring (bicyclic) bond motifs is 2. The molecule has 2 heterocycles. The van der Waals surface area contributed by atoms with Gasteiger partial charge in [0.05, 0.1) is 11.1 Å². The lowest BCUT2D eigenvalue weighted by molar-refractivity contribution is 0.0649. The van der Waals surface area contributed by atoms with E-state index in [2.05, 4.69) is 5.32 Å². The fraction of sp³-hybridized carbons (Fsp3) is 0.400. The van der Waals surface area contributed by atoms with Crippen LogP contribution in [0.2, 0.25) is 0 Å². The Morgan fingerprint density at radius 2 is 1.71 bits per heavy atom. The minimum absolute atomic E-state index is 0.137. The predicted octanol–water partition coefficient (Wildman–Crippen LogP) is 3.22. The summed E-state index contributed by atoms with van der Waals surface area (Å²) in [4.78, 5) is 26.7. The summed E-state index contributed by atoms with van der Waals surface area (Å²) in [6, 6.07) is 11.6. The number of rotatable bonds is 4. The van der Waals surface area contributed by atoms with Crippen molar-refractivity contribution in [3.8, 4) is 0 Å². The van der Waals surface area contributed by atoms with Crippen LogP contribution in [0.25, 0.3) is 10.8 Å². The van der Waals surface area contributed by atoms with Gasteiger partial charge in [-0.15, -0.1) is 0 Å². The van der Waals surface area contributed by atoms with Gasteiger partial charge >= 0.3 is 0 Å². The number of amides is 2. The first-order valence-corrected chi connectivity index (χ1v) is 8.84. The first-order valence-electron chi connectivity index (χ1n) is 8.84. The van der Waals surface area contributed by atoms with Crippen LogP contribution in [0.5, 0.6) is 0 Å². The van der Waals surface area contributed by atoms with Gasteiger partial charge in [0.25, 0.3) is 11.8 Å². The number of imide groups is 1. The Hall–Kier alpha value is -2.20. The molecule has 0 spiro atoms. The molecule has 24 heavy (non-hydrogen) atoms. The van der Waals surface area contributed by atoms with Gasteiger partial charge in [0.15, 0.2) is 0 Å². The summed E-state index contributed by atoms with van der Waals surface area (Å²) in [5, 5.41) is 5.43. The summed E-state index contributed by atoms with van der Waals surface area (Å²) in [6.07, 6.45) is 4.44. The maximum atomic E-state index is 12.6. The third-order valence-corrected chi connectivity index (χ3v) is 5.23. The van der Waals surface area contributed by atoms with Crippen LogP contribution in [0.3, 0.4) is 0 Å². The lowest BCUT2D eigenvalue weighted by Crippen LogP contribution is -2.33. The van der Waals surface area contributed by atoms with Gasteiger partial charge in [0.1, 0.15) is 0 Å². The minimum atomic E-state index is -0.137. The van der Waals surface area contributed by atoms with Crippen molar-refractivity contribution in [3.05, 3.63) is 47.5 Å². The topological polar surface area (TPSA) is 49.4 Å². The average Bonchev–Trinajstić information content (AvgIpc) is 2.85. The summed E-state index contributed by atoms with van der Waals surface area (Å²) < 4.78 is 0. The van der Waals surface area contributed by atoms with E-state index in [0.29, 0.717) is 23.6 Å². The van der Waals surface area contributed by atoms with Crippen LogP contribution in [0, 0.1) is 5.92 Å². The van der Waals surface area contributed by atoms with Crippen molar-refractivity contribution in [2.75, 3.05) is 19.6 Å². The lowest BCUT2D eigenvalue weighted by atomic mass is 9.95. The summed E-state index contributed by atoms with van der Waals surface area (Å²) in [5.41, 5.74) is 1.11. The molecule has 0 bridgehead atoms. The summed E-state index contributed by atoms with van der Waals surface area (Å²) in [7, 11) is 0. The van der Waals surface area contributed by atoms with Crippen molar-refractivity contribution < 1.29 is 9.59 Å². The van der Waals surface area contributed by atoms with E-state index in [0.717, 1.165) is 36.7 Å². The van der Waals surface area contributed by atoms with Crippen molar-refractivity contribution in [1.82, 2.24) is 10.2 Å². The highest BCUT2D eigenvalue weighted by molar-refractivity contribution is 6.23. The number of piperidine rings is 1. The van der Waals surface area contributed by atoms with E-state index < -0.39 is 0 Å². The molecule has 2 aromatic rings. The van der Waals surface area contributed by atoms with Crippen LogP contribution >= 0.6 is 0 Å². The molecule has 4 rings (SSSR count). The number of benzene rings is 2. The van der Waals surface area contributed by atoms with Crippen LogP contribution in [-0.2, 0) is 0 Å². The molecule has 1 saturated heterocycles. The third-order valence-electron chi connectivity index (χ3n) is 5.23. The third kappa shape index (κ3) is 2.71. The van der Waals surface area contributed by atoms with Crippen molar-refractivity contribution in [1.29, 1.82) is 0 Å². The molecular weight excluding hydrogens is 300 g/mol. The Balaban J connectivity index is 1.48. The zero-order chi connectivity index (χ0) is 16.5. The number of hydrogen-bond donors (Lipinski definition) is 1. The number of nitrogens with one attached hydrogen (secondary N) is 1. The number of carbonyl (C=O) groups is 2. The zero-order valence-electron chi connectivity index (χ0n) is 13.8. The van der Waals surface area contributed by atoms with Crippen LogP contribution in [0.15, 0.2) is 36.4 Å². The summed E-state index contributed by atoms with van der Waals surface area (Å²) in [6.45, 7) is 2.70. The number of carbonyl (C=O) groups excluding carboxylic acids is 2. The van der Waals surface area contributed by atoms with Crippen LogP contribution in [0.1, 0.15) is 46.4 Å². The van der Waals surface area contributed by atoms with E-state index in [-0.39, 0.29) is 11.8 Å². The minimum Gasteiger partial charge on any atom is -0.316 e. The molecule has 0 radical (unpaired) electrons. The lowest BCUT2D eigenvalue weighted by Gasteiger charge is -2.23. The highest BCUT2D eigenvalue weighted by atomic mass is 16.2. The number of hydrogen-bond acceptors (Lipinski definition) is 3. The molecule has 2 aromatic carbocycles. The van der Waals surface area contributed by atoms with Crippen molar-refractivity contribution in [3.63, 3.8) is 0 Å². The second-order valence-electron chi connectivity index (χ2n) is 6.86. The van der Waals surface area contributed by atoms with E-state index in [9.17, 15) is 9.59 Å². The molecular formula is C20H22N2O2. The zero-order valence-corrected chi connectivity index (χ0v) is 13.8. The summed E-state index contributed by atoms with van der Waals surface area (Å²) in [5.74, 6) is 0.404. The predicted molar refractivity (Wildman–Crippen MR) is 94.1 cm³/mol. The van der Waals surface area contributed by atoms with Crippen molar-refractivity contribution >= 4 is 22.6 Å². The Morgan fingerprint density at radius 1 is 1.04 bits per heavy atom. The van der Waals surface area contributed by atoms with E-state index >= 15 is 0 Å². The van der Waals surface area contributed by atoms with Gasteiger partial charge < -0.3 is 5.32 Å². The molecule has 0 aliphatic carbocycles. The van der Waals surface area contributed by atoms with Gasteiger partial charge in [-0.25, -0.2) is 0 Å². The molecule has 1 unspecified atom stereocenters. The highest BCUT2D eigenvalue weighted by Crippen LogP contribution is 2.28. The molecule has 0 saturated carbocycles. The quantitative estimate of drug-likeness (QED) is 0.879. The Morgan fingerprint density at radius 3 is 2.29 bits per heavy atom. The van der Waals surface area contributed by atoms with Gasteiger partial charge in [-0.1, -0.05) is 24.3 Å². The monoisotopic (exact) mass is 322 g/mol. The molecule has 2 aliphatic heterocycles. The van der Waals surface area contributed by atoms with Gasteiger partial charge in [-0.3, -0.25) is 14.5 Å². The maximum Gasteiger partial charge on any atom is 0.261 e.